The molecular weight excluding hydrogens is 202 g/mol. The maximum Gasteiger partial charge on any atom is 0.123 e. The van der Waals surface area contributed by atoms with Crippen molar-refractivity contribution in [1.82, 2.24) is 0 Å². The zero-order chi connectivity index (χ0) is 12.1. The van der Waals surface area contributed by atoms with Crippen LogP contribution in [-0.2, 0) is 0 Å². The van der Waals surface area contributed by atoms with Crippen LogP contribution in [0.4, 0.5) is 0 Å². The first-order valence-electron chi connectivity index (χ1n) is 5.32. The van der Waals surface area contributed by atoms with Gasteiger partial charge in [-0.25, -0.2) is 0 Å². The van der Waals surface area contributed by atoms with Gasteiger partial charge in [0.25, 0.3) is 0 Å². The van der Waals surface area contributed by atoms with Gasteiger partial charge in [0.15, 0.2) is 0 Å². The van der Waals surface area contributed by atoms with Crippen LogP contribution < -0.4 is 4.74 Å². The van der Waals surface area contributed by atoms with Gasteiger partial charge in [0, 0.05) is 5.56 Å². The average molecular weight is 219 g/mol. The summed E-state index contributed by atoms with van der Waals surface area (Å²) in [4.78, 5) is 0. The molecule has 86 valence electrons. The molecule has 1 rings (SSSR count). The van der Waals surface area contributed by atoms with E-state index in [1.807, 2.05) is 32.0 Å². The highest BCUT2D eigenvalue weighted by Gasteiger charge is 2.26. The first-order valence-corrected chi connectivity index (χ1v) is 5.32. The minimum Gasteiger partial charge on any atom is -0.496 e. The first-order chi connectivity index (χ1) is 7.61. The molecule has 0 aliphatic heterocycles. The summed E-state index contributed by atoms with van der Waals surface area (Å²) < 4.78 is 5.20. The van der Waals surface area contributed by atoms with Crippen LogP contribution in [0.5, 0.6) is 5.75 Å². The average Bonchev–Trinajstić information content (AvgIpc) is 2.30. The summed E-state index contributed by atoms with van der Waals surface area (Å²) in [5.41, 5.74) is 0.744. The molecule has 0 aromatic heterocycles. The Kier molecular flexibility index (Phi) is 4.33. The molecule has 0 spiro atoms. The van der Waals surface area contributed by atoms with Crippen LogP contribution in [0.2, 0.25) is 0 Å². The van der Waals surface area contributed by atoms with Gasteiger partial charge in [-0.1, -0.05) is 32.0 Å². The van der Waals surface area contributed by atoms with E-state index in [0.29, 0.717) is 5.75 Å². The van der Waals surface area contributed by atoms with Crippen molar-refractivity contribution >= 4 is 0 Å². The van der Waals surface area contributed by atoms with Gasteiger partial charge in [-0.15, -0.1) is 0 Å². The van der Waals surface area contributed by atoms with E-state index in [2.05, 4.69) is 6.07 Å². The molecule has 1 aromatic rings. The highest BCUT2D eigenvalue weighted by atomic mass is 16.5. The maximum atomic E-state index is 9.98. The Morgan fingerprint density at radius 1 is 1.31 bits per heavy atom. The van der Waals surface area contributed by atoms with E-state index in [1.54, 1.807) is 13.2 Å². The van der Waals surface area contributed by atoms with Crippen molar-refractivity contribution < 1.29 is 9.84 Å². The van der Waals surface area contributed by atoms with Crippen molar-refractivity contribution in [1.29, 1.82) is 5.26 Å². The number of rotatable bonds is 4. The highest BCUT2D eigenvalue weighted by Crippen LogP contribution is 2.30. The molecule has 16 heavy (non-hydrogen) atoms. The van der Waals surface area contributed by atoms with Crippen LogP contribution in [0.1, 0.15) is 25.3 Å². The monoisotopic (exact) mass is 219 g/mol. The van der Waals surface area contributed by atoms with Crippen LogP contribution in [-0.4, -0.2) is 18.3 Å². The molecule has 0 aliphatic carbocycles. The molecule has 0 aliphatic rings. The number of hydrogen-bond acceptors (Lipinski definition) is 3. The second-order valence-electron chi connectivity index (χ2n) is 4.08. The largest absolute Gasteiger partial charge is 0.496 e. The fourth-order valence-electron chi connectivity index (χ4n) is 1.64. The Morgan fingerprint density at radius 2 is 1.94 bits per heavy atom. The van der Waals surface area contributed by atoms with E-state index in [1.165, 1.54) is 0 Å². The molecule has 0 saturated carbocycles. The fourth-order valence-corrected chi connectivity index (χ4v) is 1.64. The van der Waals surface area contributed by atoms with Crippen molar-refractivity contribution in [3.63, 3.8) is 0 Å². The van der Waals surface area contributed by atoms with E-state index >= 15 is 0 Å². The third-order valence-electron chi connectivity index (χ3n) is 2.64. The van der Waals surface area contributed by atoms with Gasteiger partial charge in [-0.2, -0.15) is 5.26 Å². The van der Waals surface area contributed by atoms with Crippen LogP contribution in [0.25, 0.3) is 0 Å². The maximum absolute atomic E-state index is 9.98. The number of nitriles is 1. The van der Waals surface area contributed by atoms with E-state index < -0.39 is 12.0 Å². The normalized spacial score (nSPS) is 14.2. The van der Waals surface area contributed by atoms with Crippen molar-refractivity contribution in [3.8, 4) is 11.8 Å². The molecule has 2 unspecified atom stereocenters. The lowest BCUT2D eigenvalue weighted by atomic mass is 9.88. The second-order valence-corrected chi connectivity index (χ2v) is 4.08. The molecule has 3 heteroatoms. The molecule has 3 nitrogen and oxygen atoms in total. The Hall–Kier alpha value is -1.53. The van der Waals surface area contributed by atoms with Crippen molar-refractivity contribution in [2.45, 2.75) is 25.9 Å². The molecule has 0 amide bonds. The predicted molar refractivity (Wildman–Crippen MR) is 62.2 cm³/mol. The molecule has 0 bridgehead atoms. The van der Waals surface area contributed by atoms with Crippen molar-refractivity contribution in [2.24, 2.45) is 5.92 Å². The summed E-state index contributed by atoms with van der Waals surface area (Å²) >= 11 is 0. The molecule has 0 saturated heterocycles. The topological polar surface area (TPSA) is 53.2 Å². The number of benzene rings is 1. The molecule has 0 fully saturated rings. The van der Waals surface area contributed by atoms with Crippen molar-refractivity contribution in [3.05, 3.63) is 29.8 Å². The van der Waals surface area contributed by atoms with Gasteiger partial charge in [-0.3, -0.25) is 0 Å². The van der Waals surface area contributed by atoms with Crippen LogP contribution in [0.15, 0.2) is 24.3 Å². The van der Waals surface area contributed by atoms with Gasteiger partial charge in [0.05, 0.1) is 19.3 Å². The quantitative estimate of drug-likeness (QED) is 0.845. The molecule has 0 radical (unpaired) electrons. The van der Waals surface area contributed by atoms with Gasteiger partial charge < -0.3 is 9.84 Å². The molecular formula is C13H17NO2. The second kappa shape index (κ2) is 5.53. The molecule has 2 atom stereocenters. The zero-order valence-electron chi connectivity index (χ0n) is 9.84. The lowest BCUT2D eigenvalue weighted by Gasteiger charge is -2.21. The number of hydrogen-bond donors (Lipinski definition) is 1. The van der Waals surface area contributed by atoms with Gasteiger partial charge in [0.1, 0.15) is 11.7 Å². The standard InChI is InChI=1S/C13H17NO2/c1-9(2)13(15)11(8-14)10-6-4-5-7-12(10)16-3/h4-7,9,11,13,15H,1-3H3. The number of nitrogens with zero attached hydrogens (tertiary/aromatic N) is 1. The summed E-state index contributed by atoms with van der Waals surface area (Å²) in [5, 5.41) is 19.1. The van der Waals surface area contributed by atoms with Gasteiger partial charge in [0.2, 0.25) is 0 Å². The van der Waals surface area contributed by atoms with Gasteiger partial charge in [-0.05, 0) is 12.0 Å². The lowest BCUT2D eigenvalue weighted by molar-refractivity contribution is 0.112. The third-order valence-corrected chi connectivity index (χ3v) is 2.64. The van der Waals surface area contributed by atoms with Crippen molar-refractivity contribution in [2.75, 3.05) is 7.11 Å². The summed E-state index contributed by atoms with van der Waals surface area (Å²) in [6.07, 6.45) is -0.679. The Bertz CT molecular complexity index is 382. The lowest BCUT2D eigenvalue weighted by Crippen LogP contribution is -2.23. The van der Waals surface area contributed by atoms with Gasteiger partial charge >= 0.3 is 0 Å². The Morgan fingerprint density at radius 3 is 2.44 bits per heavy atom. The van der Waals surface area contributed by atoms with Crippen LogP contribution in [0.3, 0.4) is 0 Å². The summed E-state index contributed by atoms with van der Waals surface area (Å²) in [7, 11) is 1.56. The molecule has 0 heterocycles. The zero-order valence-corrected chi connectivity index (χ0v) is 9.84. The minimum atomic E-state index is -0.679. The number of methoxy groups -OCH3 is 1. The van der Waals surface area contributed by atoms with E-state index in [-0.39, 0.29) is 5.92 Å². The number of ether oxygens (including phenoxy) is 1. The SMILES string of the molecule is COc1ccccc1C(C#N)C(O)C(C)C. The van der Waals surface area contributed by atoms with E-state index in [9.17, 15) is 5.11 Å². The summed E-state index contributed by atoms with van der Waals surface area (Å²) in [6.45, 7) is 3.79. The fraction of sp³-hybridized carbons (Fsp3) is 0.462. The van der Waals surface area contributed by atoms with Crippen LogP contribution in [0, 0.1) is 17.2 Å². The highest BCUT2D eigenvalue weighted by molar-refractivity contribution is 5.39. The Labute approximate surface area is 96.3 Å². The Balaban J connectivity index is 3.09. The minimum absolute atomic E-state index is 0.0366. The summed E-state index contributed by atoms with van der Waals surface area (Å²) in [6, 6.07) is 9.45. The number of para-hydroxylation sites is 1. The van der Waals surface area contributed by atoms with E-state index in [0.717, 1.165) is 5.56 Å². The smallest absolute Gasteiger partial charge is 0.123 e. The molecule has 1 N–H and O–H groups in total. The molecule has 1 aromatic carbocycles. The first kappa shape index (κ1) is 12.5. The van der Waals surface area contributed by atoms with E-state index in [4.69, 9.17) is 10.00 Å². The number of aliphatic hydroxyl groups is 1. The summed E-state index contributed by atoms with van der Waals surface area (Å²) in [5.74, 6) is 0.138. The third kappa shape index (κ3) is 2.53. The predicted octanol–water partition coefficient (Wildman–Crippen LogP) is 2.32. The van der Waals surface area contributed by atoms with Crippen LogP contribution >= 0.6 is 0 Å². The number of aliphatic hydroxyl groups excluding tert-OH is 1.